The average molecular weight is 251 g/mol. The highest BCUT2D eigenvalue weighted by molar-refractivity contribution is 6.66. The molecular formula is C9H6Cl3NO. The maximum atomic E-state index is 5.66. The summed E-state index contributed by atoms with van der Waals surface area (Å²) < 4.78 is 3.70. The van der Waals surface area contributed by atoms with Gasteiger partial charge in [0.1, 0.15) is 5.52 Å². The molecule has 0 aliphatic heterocycles. The molecule has 74 valence electrons. The number of halogens is 3. The first-order chi connectivity index (χ1) is 6.48. The van der Waals surface area contributed by atoms with Crippen molar-refractivity contribution < 1.29 is 4.42 Å². The Kier molecular flexibility index (Phi) is 2.38. The van der Waals surface area contributed by atoms with Gasteiger partial charge in [-0.1, -0.05) is 46.9 Å². The summed E-state index contributed by atoms with van der Waals surface area (Å²) in [7, 11) is 0. The lowest BCUT2D eigenvalue weighted by molar-refractivity contribution is 0.540. The number of nitrogens with zero attached hydrogens (tertiary/aromatic N) is 1. The number of hydrogen-bond donors (Lipinski definition) is 0. The molecule has 0 spiro atoms. The summed E-state index contributed by atoms with van der Waals surface area (Å²) in [6.45, 7) is 1.92. The third-order valence-electron chi connectivity index (χ3n) is 1.86. The second-order valence-corrected chi connectivity index (χ2v) is 5.22. The second kappa shape index (κ2) is 3.30. The zero-order valence-corrected chi connectivity index (χ0v) is 9.49. The van der Waals surface area contributed by atoms with E-state index in [1.807, 2.05) is 19.1 Å². The molecule has 1 aromatic heterocycles. The third kappa shape index (κ3) is 1.70. The van der Waals surface area contributed by atoms with Gasteiger partial charge in [0.2, 0.25) is 5.89 Å². The number of fused-ring (bicyclic) bond motifs is 1. The zero-order chi connectivity index (χ0) is 10.3. The third-order valence-corrected chi connectivity index (χ3v) is 2.35. The number of aromatic nitrogens is 1. The van der Waals surface area contributed by atoms with Crippen LogP contribution in [0.3, 0.4) is 0 Å². The molecule has 1 aromatic carbocycles. The Bertz CT molecular complexity index is 472. The van der Waals surface area contributed by atoms with Gasteiger partial charge in [0.25, 0.3) is 3.79 Å². The van der Waals surface area contributed by atoms with E-state index in [9.17, 15) is 0 Å². The summed E-state index contributed by atoms with van der Waals surface area (Å²) in [5.41, 5.74) is 2.35. The fraction of sp³-hybridized carbons (Fsp3) is 0.222. The van der Waals surface area contributed by atoms with E-state index in [4.69, 9.17) is 39.2 Å². The molecule has 0 aliphatic rings. The largest absolute Gasteiger partial charge is 0.436 e. The molecule has 0 aliphatic carbocycles. The molecule has 0 radical (unpaired) electrons. The maximum Gasteiger partial charge on any atom is 0.266 e. The number of rotatable bonds is 0. The van der Waals surface area contributed by atoms with E-state index in [0.717, 1.165) is 11.1 Å². The summed E-state index contributed by atoms with van der Waals surface area (Å²) in [6.07, 6.45) is 0. The molecule has 2 nitrogen and oxygen atoms in total. The van der Waals surface area contributed by atoms with Crippen LogP contribution in [0.5, 0.6) is 0 Å². The molecule has 0 unspecified atom stereocenters. The van der Waals surface area contributed by atoms with Gasteiger partial charge in [0.05, 0.1) is 0 Å². The van der Waals surface area contributed by atoms with Crippen molar-refractivity contribution in [1.82, 2.24) is 4.98 Å². The molecule has 0 fully saturated rings. The van der Waals surface area contributed by atoms with Crippen LogP contribution in [0.2, 0.25) is 0 Å². The SMILES string of the molecule is Cc1cccc2oc(C(Cl)(Cl)Cl)nc12. The Morgan fingerprint density at radius 1 is 1.29 bits per heavy atom. The minimum absolute atomic E-state index is 0.104. The molecule has 14 heavy (non-hydrogen) atoms. The van der Waals surface area contributed by atoms with Crippen LogP contribution in [0.4, 0.5) is 0 Å². The normalized spacial score (nSPS) is 12.3. The molecule has 0 saturated carbocycles. The lowest BCUT2D eigenvalue weighted by atomic mass is 10.2. The molecule has 0 bridgehead atoms. The van der Waals surface area contributed by atoms with Crippen molar-refractivity contribution in [3.8, 4) is 0 Å². The van der Waals surface area contributed by atoms with Gasteiger partial charge in [0, 0.05) is 0 Å². The fourth-order valence-electron chi connectivity index (χ4n) is 1.21. The van der Waals surface area contributed by atoms with Crippen molar-refractivity contribution in [3.05, 3.63) is 29.7 Å². The number of alkyl halides is 3. The van der Waals surface area contributed by atoms with Crippen LogP contribution in [0, 0.1) is 6.92 Å². The fourth-order valence-corrected chi connectivity index (χ4v) is 1.45. The highest BCUT2D eigenvalue weighted by atomic mass is 35.6. The van der Waals surface area contributed by atoms with Crippen molar-refractivity contribution in [1.29, 1.82) is 0 Å². The minimum Gasteiger partial charge on any atom is -0.436 e. The smallest absolute Gasteiger partial charge is 0.266 e. The molecule has 1 heterocycles. The Hall–Kier alpha value is -0.440. The topological polar surface area (TPSA) is 26.0 Å². The number of para-hydroxylation sites is 1. The van der Waals surface area contributed by atoms with Crippen LogP contribution in [0.25, 0.3) is 11.1 Å². The van der Waals surface area contributed by atoms with Gasteiger partial charge < -0.3 is 4.42 Å². The van der Waals surface area contributed by atoms with Crippen LogP contribution in [0.1, 0.15) is 11.5 Å². The molecule has 0 N–H and O–H groups in total. The predicted octanol–water partition coefficient (Wildman–Crippen LogP) is 3.96. The Morgan fingerprint density at radius 3 is 2.57 bits per heavy atom. The van der Waals surface area contributed by atoms with Crippen LogP contribution < -0.4 is 0 Å². The van der Waals surface area contributed by atoms with E-state index >= 15 is 0 Å². The lowest BCUT2D eigenvalue weighted by Gasteiger charge is -2.02. The van der Waals surface area contributed by atoms with Gasteiger partial charge in [-0.15, -0.1) is 0 Å². The van der Waals surface area contributed by atoms with Gasteiger partial charge in [0.15, 0.2) is 5.58 Å². The summed E-state index contributed by atoms with van der Waals surface area (Å²) in [4.78, 5) is 4.12. The molecule has 0 amide bonds. The molecule has 2 aromatic rings. The summed E-state index contributed by atoms with van der Waals surface area (Å²) in [5.74, 6) is 0.104. The van der Waals surface area contributed by atoms with E-state index in [-0.39, 0.29) is 5.89 Å². The Balaban J connectivity index is 2.69. The van der Waals surface area contributed by atoms with Gasteiger partial charge in [-0.2, -0.15) is 0 Å². The molecule has 5 heteroatoms. The van der Waals surface area contributed by atoms with Crippen LogP contribution in [-0.2, 0) is 3.79 Å². The highest BCUT2D eigenvalue weighted by Gasteiger charge is 2.29. The second-order valence-electron chi connectivity index (χ2n) is 2.94. The van der Waals surface area contributed by atoms with Crippen molar-refractivity contribution in [2.45, 2.75) is 10.7 Å². The van der Waals surface area contributed by atoms with Gasteiger partial charge in [-0.05, 0) is 18.6 Å². The van der Waals surface area contributed by atoms with Crippen LogP contribution in [-0.4, -0.2) is 4.98 Å². The zero-order valence-electron chi connectivity index (χ0n) is 7.22. The minimum atomic E-state index is -1.61. The summed E-state index contributed by atoms with van der Waals surface area (Å²) in [5, 5.41) is 0. The number of hydrogen-bond acceptors (Lipinski definition) is 2. The molecule has 0 atom stereocenters. The van der Waals surface area contributed by atoms with E-state index in [1.165, 1.54) is 0 Å². The number of oxazole rings is 1. The average Bonchev–Trinajstić information content (AvgIpc) is 2.48. The van der Waals surface area contributed by atoms with Crippen LogP contribution >= 0.6 is 34.8 Å². The van der Waals surface area contributed by atoms with E-state index in [0.29, 0.717) is 5.58 Å². The highest BCUT2D eigenvalue weighted by Crippen LogP contribution is 2.39. The van der Waals surface area contributed by atoms with E-state index in [1.54, 1.807) is 6.07 Å². The first-order valence-corrected chi connectivity index (χ1v) is 5.05. The van der Waals surface area contributed by atoms with E-state index < -0.39 is 3.79 Å². The Labute approximate surface area is 95.8 Å². The van der Waals surface area contributed by atoms with Crippen molar-refractivity contribution in [2.24, 2.45) is 0 Å². The molecule has 0 saturated heterocycles. The van der Waals surface area contributed by atoms with Gasteiger partial charge in [-0.3, -0.25) is 0 Å². The molecule has 2 rings (SSSR count). The quantitative estimate of drug-likeness (QED) is 0.661. The van der Waals surface area contributed by atoms with Gasteiger partial charge >= 0.3 is 0 Å². The van der Waals surface area contributed by atoms with Gasteiger partial charge in [-0.25, -0.2) is 4.98 Å². The van der Waals surface area contributed by atoms with Crippen molar-refractivity contribution >= 4 is 45.9 Å². The summed E-state index contributed by atoms with van der Waals surface area (Å²) >= 11 is 17.0. The summed E-state index contributed by atoms with van der Waals surface area (Å²) in [6, 6.07) is 5.58. The number of benzene rings is 1. The van der Waals surface area contributed by atoms with Crippen molar-refractivity contribution in [2.75, 3.05) is 0 Å². The first kappa shape index (κ1) is 10.1. The maximum absolute atomic E-state index is 5.66. The lowest BCUT2D eigenvalue weighted by Crippen LogP contribution is -1.99. The Morgan fingerprint density at radius 2 is 2.00 bits per heavy atom. The predicted molar refractivity (Wildman–Crippen MR) is 58.0 cm³/mol. The van der Waals surface area contributed by atoms with E-state index in [2.05, 4.69) is 4.98 Å². The first-order valence-electron chi connectivity index (χ1n) is 3.92. The standard InChI is InChI=1S/C9H6Cl3NO/c1-5-3-2-4-6-7(5)13-8(14-6)9(10,11)12/h2-4H,1H3. The number of aryl methyl sites for hydroxylation is 1. The van der Waals surface area contributed by atoms with Crippen molar-refractivity contribution in [3.63, 3.8) is 0 Å². The molecular weight excluding hydrogens is 244 g/mol. The van der Waals surface area contributed by atoms with Crippen LogP contribution in [0.15, 0.2) is 22.6 Å². The monoisotopic (exact) mass is 249 g/mol.